The maximum absolute atomic E-state index is 13.6. The molecule has 19 heavy (non-hydrogen) atoms. The number of halogens is 4. The molecule has 2 aromatic carbocycles. The van der Waals surface area contributed by atoms with Crippen LogP contribution in [0.3, 0.4) is 0 Å². The molecule has 98 valence electrons. The largest absolute Gasteiger partial charge is 0.416 e. The molecule has 0 N–H and O–H groups in total. The van der Waals surface area contributed by atoms with E-state index in [1.807, 2.05) is 0 Å². The molecule has 2 aromatic rings. The van der Waals surface area contributed by atoms with Crippen LogP contribution in [0.1, 0.15) is 15.9 Å². The highest BCUT2D eigenvalue weighted by atomic mass is 19.4. The molecular weight excluding hydrogens is 260 g/mol. The topological polar surface area (TPSA) is 17.1 Å². The Balaban J connectivity index is 2.57. The van der Waals surface area contributed by atoms with Crippen LogP contribution in [0, 0.1) is 5.82 Å². The van der Waals surface area contributed by atoms with Crippen LogP contribution in [0.15, 0.2) is 42.5 Å². The molecule has 0 fully saturated rings. The highest BCUT2D eigenvalue weighted by molar-refractivity contribution is 5.79. The third-order valence-corrected chi connectivity index (χ3v) is 2.63. The lowest BCUT2D eigenvalue weighted by Gasteiger charge is -2.10. The van der Waals surface area contributed by atoms with Crippen LogP contribution < -0.4 is 0 Å². The Morgan fingerprint density at radius 2 is 1.74 bits per heavy atom. The average molecular weight is 268 g/mol. The first kappa shape index (κ1) is 13.3. The van der Waals surface area contributed by atoms with E-state index >= 15 is 0 Å². The van der Waals surface area contributed by atoms with Gasteiger partial charge in [0.05, 0.1) is 5.56 Å². The predicted octanol–water partition coefficient (Wildman–Crippen LogP) is 4.32. The number of benzene rings is 2. The van der Waals surface area contributed by atoms with E-state index in [9.17, 15) is 22.4 Å². The van der Waals surface area contributed by atoms with Crippen molar-refractivity contribution < 1.29 is 22.4 Å². The first-order valence-corrected chi connectivity index (χ1v) is 5.34. The monoisotopic (exact) mass is 268 g/mol. The number of rotatable bonds is 2. The van der Waals surface area contributed by atoms with Crippen molar-refractivity contribution in [1.29, 1.82) is 0 Å². The van der Waals surface area contributed by atoms with Gasteiger partial charge in [0.15, 0.2) is 0 Å². The van der Waals surface area contributed by atoms with Crippen molar-refractivity contribution in [2.45, 2.75) is 6.18 Å². The Morgan fingerprint density at radius 3 is 2.37 bits per heavy atom. The lowest BCUT2D eigenvalue weighted by Crippen LogP contribution is -2.05. The number of aldehydes is 1. The van der Waals surface area contributed by atoms with Crippen molar-refractivity contribution in [3.05, 3.63) is 59.4 Å². The van der Waals surface area contributed by atoms with Gasteiger partial charge in [-0.3, -0.25) is 4.79 Å². The van der Waals surface area contributed by atoms with Gasteiger partial charge in [0.2, 0.25) is 0 Å². The summed E-state index contributed by atoms with van der Waals surface area (Å²) in [7, 11) is 0. The maximum Gasteiger partial charge on any atom is 0.416 e. The maximum atomic E-state index is 13.6. The molecule has 0 amide bonds. The zero-order valence-electron chi connectivity index (χ0n) is 9.54. The highest BCUT2D eigenvalue weighted by Gasteiger charge is 2.31. The molecule has 0 heterocycles. The Labute approximate surface area is 106 Å². The lowest BCUT2D eigenvalue weighted by molar-refractivity contribution is -0.137. The quantitative estimate of drug-likeness (QED) is 0.585. The lowest BCUT2D eigenvalue weighted by atomic mass is 10.0. The normalized spacial score (nSPS) is 11.4. The summed E-state index contributed by atoms with van der Waals surface area (Å²) in [6, 6.07) is 7.95. The summed E-state index contributed by atoms with van der Waals surface area (Å²) < 4.78 is 51.4. The second-order valence-corrected chi connectivity index (χ2v) is 3.94. The van der Waals surface area contributed by atoms with Crippen LogP contribution in [0.5, 0.6) is 0 Å². The van der Waals surface area contributed by atoms with Gasteiger partial charge < -0.3 is 0 Å². The van der Waals surface area contributed by atoms with E-state index in [2.05, 4.69) is 0 Å². The molecule has 0 aliphatic heterocycles. The van der Waals surface area contributed by atoms with Crippen molar-refractivity contribution in [1.82, 2.24) is 0 Å². The highest BCUT2D eigenvalue weighted by Crippen LogP contribution is 2.33. The first-order chi connectivity index (χ1) is 8.91. The van der Waals surface area contributed by atoms with Gasteiger partial charge in [0, 0.05) is 11.1 Å². The SMILES string of the molecule is O=Cc1cccc(-c2cc(C(F)(F)F)ccc2F)c1. The molecule has 0 spiro atoms. The number of hydrogen-bond donors (Lipinski definition) is 0. The van der Waals surface area contributed by atoms with Crippen LogP contribution in [0.25, 0.3) is 11.1 Å². The molecule has 0 unspecified atom stereocenters. The molecule has 0 atom stereocenters. The van der Waals surface area contributed by atoms with Gasteiger partial charge in [-0.25, -0.2) is 4.39 Å². The van der Waals surface area contributed by atoms with Crippen molar-refractivity contribution in [3.8, 4) is 11.1 Å². The summed E-state index contributed by atoms with van der Waals surface area (Å²) in [5, 5.41) is 0. The summed E-state index contributed by atoms with van der Waals surface area (Å²) in [4.78, 5) is 10.6. The molecule has 0 saturated carbocycles. The van der Waals surface area contributed by atoms with Gasteiger partial charge in [-0.1, -0.05) is 18.2 Å². The first-order valence-electron chi connectivity index (χ1n) is 5.34. The minimum absolute atomic E-state index is 0.182. The van der Waals surface area contributed by atoms with Crippen LogP contribution in [0.2, 0.25) is 0 Å². The molecule has 0 aliphatic carbocycles. The van der Waals surface area contributed by atoms with Gasteiger partial charge in [-0.2, -0.15) is 13.2 Å². The number of carbonyl (C=O) groups is 1. The molecular formula is C14H8F4O. The van der Waals surface area contributed by atoms with Crippen LogP contribution >= 0.6 is 0 Å². The molecule has 5 heteroatoms. The van der Waals surface area contributed by atoms with Crippen LogP contribution in [-0.4, -0.2) is 6.29 Å². The smallest absolute Gasteiger partial charge is 0.298 e. The molecule has 0 radical (unpaired) electrons. The van der Waals surface area contributed by atoms with Crippen molar-refractivity contribution in [2.75, 3.05) is 0 Å². The fraction of sp³-hybridized carbons (Fsp3) is 0.0714. The van der Waals surface area contributed by atoms with Crippen LogP contribution in [-0.2, 0) is 6.18 Å². The standard InChI is InChI=1S/C14H8F4O/c15-13-5-4-11(14(16,17)18)7-12(13)10-3-1-2-9(6-10)8-19/h1-8H. The second kappa shape index (κ2) is 4.84. The van der Waals surface area contributed by atoms with Gasteiger partial charge in [0.1, 0.15) is 12.1 Å². The summed E-state index contributed by atoms with van der Waals surface area (Å²) in [6.07, 6.45) is -3.99. The van der Waals surface area contributed by atoms with Gasteiger partial charge >= 0.3 is 6.18 Å². The third-order valence-electron chi connectivity index (χ3n) is 2.63. The zero-order chi connectivity index (χ0) is 14.0. The van der Waals surface area contributed by atoms with Gasteiger partial charge in [-0.05, 0) is 29.8 Å². The summed E-state index contributed by atoms with van der Waals surface area (Å²) in [6.45, 7) is 0. The van der Waals surface area contributed by atoms with Crippen molar-refractivity contribution in [2.24, 2.45) is 0 Å². The molecule has 0 saturated heterocycles. The minimum Gasteiger partial charge on any atom is -0.298 e. The van der Waals surface area contributed by atoms with Gasteiger partial charge in [-0.15, -0.1) is 0 Å². The summed E-state index contributed by atoms with van der Waals surface area (Å²) >= 11 is 0. The summed E-state index contributed by atoms with van der Waals surface area (Å²) in [5.74, 6) is -0.768. The van der Waals surface area contributed by atoms with E-state index in [0.29, 0.717) is 12.4 Å². The number of hydrogen-bond acceptors (Lipinski definition) is 1. The summed E-state index contributed by atoms with van der Waals surface area (Å²) in [5.41, 5.74) is -0.610. The molecule has 0 aromatic heterocycles. The van der Waals surface area contributed by atoms with Crippen LogP contribution in [0.4, 0.5) is 17.6 Å². The van der Waals surface area contributed by atoms with E-state index in [-0.39, 0.29) is 16.7 Å². The predicted molar refractivity (Wildman–Crippen MR) is 62.2 cm³/mol. The van der Waals surface area contributed by atoms with Crippen molar-refractivity contribution in [3.63, 3.8) is 0 Å². The van der Waals surface area contributed by atoms with E-state index in [1.165, 1.54) is 24.3 Å². The molecule has 1 nitrogen and oxygen atoms in total. The zero-order valence-corrected chi connectivity index (χ0v) is 9.54. The fourth-order valence-corrected chi connectivity index (χ4v) is 1.70. The Bertz CT molecular complexity index is 617. The van der Waals surface area contributed by atoms with E-state index in [0.717, 1.165) is 12.1 Å². The van der Waals surface area contributed by atoms with E-state index in [1.54, 1.807) is 0 Å². The van der Waals surface area contributed by atoms with Gasteiger partial charge in [0.25, 0.3) is 0 Å². The number of alkyl halides is 3. The molecule has 2 rings (SSSR count). The molecule has 0 bridgehead atoms. The Morgan fingerprint density at radius 1 is 1.00 bits per heavy atom. The van der Waals surface area contributed by atoms with Crippen molar-refractivity contribution >= 4 is 6.29 Å². The fourth-order valence-electron chi connectivity index (χ4n) is 1.70. The van der Waals surface area contributed by atoms with E-state index < -0.39 is 17.6 Å². The Kier molecular flexibility index (Phi) is 3.38. The minimum atomic E-state index is -4.54. The second-order valence-electron chi connectivity index (χ2n) is 3.94. The average Bonchev–Trinajstić information content (AvgIpc) is 2.38. The van der Waals surface area contributed by atoms with E-state index in [4.69, 9.17) is 0 Å². The molecule has 0 aliphatic rings. The Hall–Kier alpha value is -2.17. The number of carbonyl (C=O) groups excluding carboxylic acids is 1. The third kappa shape index (κ3) is 2.81.